The van der Waals surface area contributed by atoms with Crippen molar-refractivity contribution < 1.29 is 4.68 Å². The maximum Gasteiger partial charge on any atom is 0.206 e. The average Bonchev–Trinajstić information content (AvgIpc) is 2.72. The Labute approximate surface area is 75.4 Å². The van der Waals surface area contributed by atoms with E-state index in [2.05, 4.69) is 21.7 Å². The van der Waals surface area contributed by atoms with Crippen LogP contribution in [0.1, 0.15) is 18.5 Å². The lowest BCUT2D eigenvalue weighted by atomic mass is 10.1. The first kappa shape index (κ1) is 6.77. The van der Waals surface area contributed by atoms with Gasteiger partial charge in [-0.3, -0.25) is 4.98 Å². The zero-order chi connectivity index (χ0) is 8.84. The van der Waals surface area contributed by atoms with Gasteiger partial charge in [-0.2, -0.15) is 0 Å². The topological polar surface area (TPSA) is 34.6 Å². The van der Waals surface area contributed by atoms with E-state index < -0.39 is 0 Å². The summed E-state index contributed by atoms with van der Waals surface area (Å²) < 4.78 is 2.09. The van der Waals surface area contributed by atoms with Gasteiger partial charge >= 0.3 is 0 Å². The molecule has 1 aliphatic heterocycles. The van der Waals surface area contributed by atoms with Gasteiger partial charge in [0.25, 0.3) is 0 Å². The zero-order valence-electron chi connectivity index (χ0n) is 7.25. The quantitative estimate of drug-likeness (QED) is 0.543. The fourth-order valence-electron chi connectivity index (χ4n) is 1.82. The van der Waals surface area contributed by atoms with Crippen molar-refractivity contribution in [3.8, 4) is 5.69 Å². The van der Waals surface area contributed by atoms with Gasteiger partial charge in [0.05, 0.1) is 6.20 Å². The minimum absolute atomic E-state index is 0.362. The Hall–Kier alpha value is -1.71. The van der Waals surface area contributed by atoms with E-state index in [0.717, 1.165) is 5.69 Å². The van der Waals surface area contributed by atoms with E-state index in [4.69, 9.17) is 0 Å². The lowest BCUT2D eigenvalue weighted by Gasteiger charge is -1.97. The molecule has 0 spiro atoms. The molecule has 0 aromatic carbocycles. The fraction of sp³-hybridized carbons (Fsp3) is 0.222. The van der Waals surface area contributed by atoms with Crippen molar-refractivity contribution in [2.45, 2.75) is 13.0 Å². The molecule has 0 saturated heterocycles. The van der Waals surface area contributed by atoms with Crippen LogP contribution >= 0.6 is 0 Å². The highest BCUT2D eigenvalue weighted by Crippen LogP contribution is 2.23. The van der Waals surface area contributed by atoms with Crippen LogP contribution in [0, 0.1) is 0 Å². The number of hydrogen-bond donors (Lipinski definition) is 0. The number of aromatic nitrogens is 4. The van der Waals surface area contributed by atoms with Crippen molar-refractivity contribution in [2.75, 3.05) is 0 Å². The second-order valence-electron chi connectivity index (χ2n) is 3.19. The third-order valence-corrected chi connectivity index (χ3v) is 2.51. The Morgan fingerprint density at radius 2 is 2.38 bits per heavy atom. The molecule has 0 saturated carbocycles. The molecule has 0 N–H and O–H groups in total. The van der Waals surface area contributed by atoms with Crippen LogP contribution in [0.4, 0.5) is 0 Å². The molecule has 0 fully saturated rings. The molecule has 64 valence electrons. The number of nitrogens with zero attached hydrogens (tertiary/aromatic N) is 4. The van der Waals surface area contributed by atoms with Gasteiger partial charge in [-0.05, 0) is 17.8 Å². The minimum Gasteiger partial charge on any atom is -0.262 e. The van der Waals surface area contributed by atoms with E-state index in [9.17, 15) is 0 Å². The predicted octanol–water partition coefficient (Wildman–Crippen LogP) is 0.477. The van der Waals surface area contributed by atoms with Crippen LogP contribution in [0.25, 0.3) is 5.69 Å². The van der Waals surface area contributed by atoms with Crippen molar-refractivity contribution >= 4 is 0 Å². The van der Waals surface area contributed by atoms with Crippen molar-refractivity contribution in [1.82, 2.24) is 14.9 Å². The summed E-state index contributed by atoms with van der Waals surface area (Å²) in [6, 6.07) is 2.40. The average molecular weight is 173 g/mol. The summed E-state index contributed by atoms with van der Waals surface area (Å²) in [6.45, 7) is 2.16. The summed E-state index contributed by atoms with van der Waals surface area (Å²) in [5.41, 5.74) is 2.36. The van der Waals surface area contributed by atoms with Gasteiger partial charge in [0.15, 0.2) is 11.9 Å². The van der Waals surface area contributed by atoms with E-state index >= 15 is 0 Å². The Kier molecular flexibility index (Phi) is 1.12. The van der Waals surface area contributed by atoms with Crippen molar-refractivity contribution in [3.63, 3.8) is 0 Å². The Bertz CT molecular complexity index is 460. The monoisotopic (exact) mass is 173 g/mol. The van der Waals surface area contributed by atoms with Crippen LogP contribution < -0.4 is 4.68 Å². The molecule has 0 aliphatic carbocycles. The maximum absolute atomic E-state index is 4.23. The molecule has 1 unspecified atom stereocenters. The summed E-state index contributed by atoms with van der Waals surface area (Å²) in [5.74, 6) is 0. The van der Waals surface area contributed by atoms with Crippen LogP contribution in [0.5, 0.6) is 0 Å². The van der Waals surface area contributed by atoms with Crippen molar-refractivity contribution in [1.29, 1.82) is 0 Å². The van der Waals surface area contributed by atoms with Crippen LogP contribution in [-0.2, 0) is 0 Å². The van der Waals surface area contributed by atoms with E-state index in [-0.39, 0.29) is 0 Å². The van der Waals surface area contributed by atoms with Crippen molar-refractivity contribution in [2.24, 2.45) is 0 Å². The molecular formula is C9H9N4+. The second-order valence-corrected chi connectivity index (χ2v) is 3.19. The molecule has 3 rings (SSSR count). The molecule has 2 aromatic rings. The predicted molar refractivity (Wildman–Crippen MR) is 45.4 cm³/mol. The third-order valence-electron chi connectivity index (χ3n) is 2.51. The molecule has 1 aliphatic rings. The standard InChI is InChI=1S/C9H9N4/c1-7-8-2-3-10-6-9(8)13-11-4-5-12(7)13/h2-7H,1H3/q+1. The van der Waals surface area contributed by atoms with E-state index in [0.29, 0.717) is 6.04 Å². The lowest BCUT2D eigenvalue weighted by Crippen LogP contribution is -2.40. The molecule has 13 heavy (non-hydrogen) atoms. The first-order chi connectivity index (χ1) is 6.38. The Morgan fingerprint density at radius 3 is 3.31 bits per heavy atom. The maximum atomic E-state index is 4.23. The Morgan fingerprint density at radius 1 is 1.46 bits per heavy atom. The first-order valence-corrected chi connectivity index (χ1v) is 4.27. The first-order valence-electron chi connectivity index (χ1n) is 4.27. The smallest absolute Gasteiger partial charge is 0.206 e. The van der Waals surface area contributed by atoms with Gasteiger partial charge in [0.1, 0.15) is 6.04 Å². The molecule has 4 heteroatoms. The van der Waals surface area contributed by atoms with Gasteiger partial charge in [0.2, 0.25) is 6.20 Å². The molecule has 1 atom stereocenters. The summed E-state index contributed by atoms with van der Waals surface area (Å²) in [4.78, 5) is 5.98. The Balaban J connectivity index is 2.37. The molecule has 2 aromatic heterocycles. The van der Waals surface area contributed by atoms with Gasteiger partial charge < -0.3 is 0 Å². The van der Waals surface area contributed by atoms with Crippen LogP contribution in [0.2, 0.25) is 0 Å². The van der Waals surface area contributed by atoms with Gasteiger partial charge in [-0.25, -0.2) is 0 Å². The highest BCUT2D eigenvalue weighted by atomic mass is 15.6. The second kappa shape index (κ2) is 2.16. The molecular weight excluding hydrogens is 164 g/mol. The third kappa shape index (κ3) is 0.722. The van der Waals surface area contributed by atoms with Crippen LogP contribution in [-0.4, -0.2) is 14.9 Å². The molecule has 3 heterocycles. The van der Waals surface area contributed by atoms with Gasteiger partial charge in [0, 0.05) is 16.9 Å². The largest absolute Gasteiger partial charge is 0.262 e. The summed E-state index contributed by atoms with van der Waals surface area (Å²) in [6.07, 6.45) is 7.45. The van der Waals surface area contributed by atoms with Gasteiger partial charge in [-0.1, -0.05) is 0 Å². The SMILES string of the molecule is CC1c2ccncc2-n2ncc[n+]21. The summed E-state index contributed by atoms with van der Waals surface area (Å²) in [7, 11) is 0. The molecule has 4 nitrogen and oxygen atoms in total. The highest BCUT2D eigenvalue weighted by Gasteiger charge is 2.31. The van der Waals surface area contributed by atoms with Crippen LogP contribution in [0.15, 0.2) is 30.9 Å². The summed E-state index contributed by atoms with van der Waals surface area (Å²) in [5, 5.41) is 4.23. The van der Waals surface area contributed by atoms with Crippen LogP contribution in [0.3, 0.4) is 0 Å². The number of fused-ring (bicyclic) bond motifs is 3. The normalized spacial score (nSPS) is 18.4. The van der Waals surface area contributed by atoms with E-state index in [1.165, 1.54) is 5.56 Å². The minimum atomic E-state index is 0.362. The van der Waals surface area contributed by atoms with E-state index in [1.807, 2.05) is 29.5 Å². The summed E-state index contributed by atoms with van der Waals surface area (Å²) >= 11 is 0. The number of hydrogen-bond acceptors (Lipinski definition) is 2. The fourth-order valence-corrected chi connectivity index (χ4v) is 1.82. The number of rotatable bonds is 0. The van der Waals surface area contributed by atoms with Crippen molar-refractivity contribution in [3.05, 3.63) is 36.4 Å². The molecule has 0 radical (unpaired) electrons. The number of pyridine rings is 1. The molecule has 0 bridgehead atoms. The molecule has 0 amide bonds. The highest BCUT2D eigenvalue weighted by molar-refractivity contribution is 5.38. The van der Waals surface area contributed by atoms with Gasteiger partial charge in [-0.15, -0.1) is 4.68 Å². The zero-order valence-corrected chi connectivity index (χ0v) is 7.25. The van der Waals surface area contributed by atoms with E-state index in [1.54, 1.807) is 6.20 Å². The lowest BCUT2D eigenvalue weighted by molar-refractivity contribution is -0.774.